The average Bonchev–Trinajstić information content (AvgIpc) is 2.66. The van der Waals surface area contributed by atoms with Crippen LogP contribution in [0.3, 0.4) is 0 Å². The summed E-state index contributed by atoms with van der Waals surface area (Å²) < 4.78 is 4.15. The van der Waals surface area contributed by atoms with Crippen molar-refractivity contribution in [2.75, 3.05) is 12.3 Å². The van der Waals surface area contributed by atoms with Gasteiger partial charge < -0.3 is 15.7 Å². The first-order valence-electron chi connectivity index (χ1n) is 4.11. The van der Waals surface area contributed by atoms with Crippen molar-refractivity contribution in [3.8, 4) is 0 Å². The van der Waals surface area contributed by atoms with Crippen LogP contribution in [-0.4, -0.2) is 29.0 Å². The number of hydrogen-bond acceptors (Lipinski definition) is 7. The molecule has 0 aromatic carbocycles. The van der Waals surface area contributed by atoms with Crippen LogP contribution in [0.4, 0.5) is 5.13 Å². The van der Waals surface area contributed by atoms with Gasteiger partial charge >= 0.3 is 0 Å². The number of nitrogens with zero attached hydrogens (tertiary/aromatic N) is 2. The maximum absolute atomic E-state index is 9.18. The number of carbonyl (C=O) groups is 1. The minimum atomic E-state index is 0.431. The fourth-order valence-corrected chi connectivity index (χ4v) is 1.18. The average molecular weight is 231 g/mol. The zero-order valence-corrected chi connectivity index (χ0v) is 9.32. The van der Waals surface area contributed by atoms with E-state index in [1.165, 1.54) is 11.3 Å². The van der Waals surface area contributed by atoms with Gasteiger partial charge in [-0.2, -0.15) is 0 Å². The van der Waals surface area contributed by atoms with Crippen molar-refractivity contribution >= 4 is 28.7 Å². The molecule has 0 amide bonds. The quantitative estimate of drug-likeness (QED) is 0.351. The summed E-state index contributed by atoms with van der Waals surface area (Å²) in [6.45, 7) is 4.33. The third-order valence-corrected chi connectivity index (χ3v) is 1.95. The molecule has 0 atom stereocenters. The van der Waals surface area contributed by atoms with E-state index < -0.39 is 0 Å². The second-order valence-electron chi connectivity index (χ2n) is 2.31. The highest BCUT2D eigenvalue weighted by Crippen LogP contribution is 2.11. The Morgan fingerprint density at radius 1 is 1.87 bits per heavy atom. The van der Waals surface area contributed by atoms with Gasteiger partial charge in [-0.15, -0.1) is 11.3 Å². The van der Waals surface area contributed by atoms with Gasteiger partial charge in [-0.25, -0.2) is 4.98 Å². The monoisotopic (exact) mass is 231 g/mol. The molecule has 0 spiro atoms. The third-order valence-electron chi connectivity index (χ3n) is 1.28. The Bertz CT molecular complexity index is 325. The molecule has 84 valence electrons. The first-order chi connectivity index (χ1) is 7.15. The summed E-state index contributed by atoms with van der Waals surface area (Å²) in [4.78, 5) is 13.1. The zero-order valence-electron chi connectivity index (χ0n) is 8.51. The predicted molar refractivity (Wildman–Crippen MR) is 58.2 cm³/mol. The molecule has 1 aromatic rings. The Kier molecular flexibility index (Phi) is 6.90. The van der Waals surface area contributed by atoms with E-state index in [9.17, 15) is 4.79 Å². The molecule has 0 saturated carbocycles. The number of thiazole rings is 1. The topological polar surface area (TPSA) is 97.8 Å². The highest BCUT2D eigenvalue weighted by atomic mass is 32.1. The predicted octanol–water partition coefficient (Wildman–Crippen LogP) is 1.10. The molecule has 1 aromatic heterocycles. The number of aromatic nitrogens is 1. The van der Waals surface area contributed by atoms with Crippen LogP contribution in [0.2, 0.25) is 0 Å². The second kappa shape index (κ2) is 7.74. The smallest absolute Gasteiger partial charge is 0.293 e. The van der Waals surface area contributed by atoms with Crippen LogP contribution in [0.1, 0.15) is 19.5 Å². The van der Waals surface area contributed by atoms with Crippen molar-refractivity contribution < 1.29 is 14.7 Å². The van der Waals surface area contributed by atoms with Gasteiger partial charge in [0.25, 0.3) is 6.47 Å². The molecule has 3 N–H and O–H groups in total. The van der Waals surface area contributed by atoms with Gasteiger partial charge in [-0.3, -0.25) is 4.79 Å². The number of oxime groups is 1. The number of ether oxygens (including phenoxy) is 1. The van der Waals surface area contributed by atoms with Gasteiger partial charge in [0, 0.05) is 5.38 Å². The molecule has 0 bridgehead atoms. The summed E-state index contributed by atoms with van der Waals surface area (Å²) >= 11 is 1.32. The first-order valence-corrected chi connectivity index (χ1v) is 4.98. The molecule has 0 saturated heterocycles. The van der Waals surface area contributed by atoms with E-state index in [0.717, 1.165) is 0 Å². The van der Waals surface area contributed by atoms with E-state index in [1.807, 2.05) is 0 Å². The molecule has 0 aliphatic heterocycles. The summed E-state index contributed by atoms with van der Waals surface area (Å²) in [5.41, 5.74) is 6.45. The fourth-order valence-electron chi connectivity index (χ4n) is 0.573. The van der Waals surface area contributed by atoms with Crippen LogP contribution in [0.15, 0.2) is 10.5 Å². The molecule has 15 heavy (non-hydrogen) atoms. The van der Waals surface area contributed by atoms with Gasteiger partial charge in [0.1, 0.15) is 11.4 Å². The maximum Gasteiger partial charge on any atom is 0.293 e. The minimum Gasteiger partial charge on any atom is -0.468 e. The highest BCUT2D eigenvalue weighted by Gasteiger charge is 2.00. The number of hydrogen-bond donors (Lipinski definition) is 2. The Morgan fingerprint density at radius 2 is 2.53 bits per heavy atom. The van der Waals surface area contributed by atoms with Gasteiger partial charge in [-0.05, 0) is 13.8 Å². The van der Waals surface area contributed by atoms with Crippen molar-refractivity contribution in [1.29, 1.82) is 0 Å². The third kappa shape index (κ3) is 5.63. The fraction of sp³-hybridized carbons (Fsp3) is 0.375. The number of anilines is 1. The van der Waals surface area contributed by atoms with Crippen molar-refractivity contribution in [2.45, 2.75) is 13.8 Å². The van der Waals surface area contributed by atoms with Gasteiger partial charge in [0.2, 0.25) is 0 Å². The standard InChI is InChI=1S/C5H7N3OS.C3H6O2/c1-3(8-9)4-2-10-5(6)7-4;1-2-5-3-4/h2,9H,1H3,(H2,6,7);3H,2H2,1H3/b8-3-;. The number of rotatable bonds is 3. The van der Waals surface area contributed by atoms with Crippen LogP contribution in [0, 0.1) is 0 Å². The van der Waals surface area contributed by atoms with Crippen LogP contribution in [0.5, 0.6) is 0 Å². The Morgan fingerprint density at radius 3 is 2.80 bits per heavy atom. The molecule has 7 heteroatoms. The van der Waals surface area contributed by atoms with Crippen LogP contribution < -0.4 is 5.73 Å². The lowest BCUT2D eigenvalue weighted by Gasteiger charge is -1.86. The van der Waals surface area contributed by atoms with Crippen molar-refractivity contribution in [1.82, 2.24) is 4.98 Å². The molecule has 0 aliphatic rings. The van der Waals surface area contributed by atoms with Gasteiger partial charge in [0.15, 0.2) is 5.13 Å². The van der Waals surface area contributed by atoms with E-state index in [4.69, 9.17) is 10.9 Å². The number of carbonyl (C=O) groups excluding carboxylic acids is 1. The molecule has 6 nitrogen and oxygen atoms in total. The van der Waals surface area contributed by atoms with Crippen LogP contribution in [-0.2, 0) is 9.53 Å². The van der Waals surface area contributed by atoms with E-state index >= 15 is 0 Å². The first kappa shape index (κ1) is 13.4. The van der Waals surface area contributed by atoms with E-state index in [2.05, 4.69) is 14.9 Å². The van der Waals surface area contributed by atoms with Gasteiger partial charge in [-0.1, -0.05) is 5.16 Å². The molecular weight excluding hydrogens is 218 g/mol. The molecule has 0 unspecified atom stereocenters. The van der Waals surface area contributed by atoms with E-state index in [1.54, 1.807) is 19.2 Å². The number of nitrogens with two attached hydrogens (primary N) is 1. The Balaban J connectivity index is 0.000000336. The van der Waals surface area contributed by atoms with Crippen LogP contribution >= 0.6 is 11.3 Å². The lowest BCUT2D eigenvalue weighted by atomic mass is 10.3. The Hall–Kier alpha value is -1.63. The summed E-state index contributed by atoms with van der Waals surface area (Å²) in [5, 5.41) is 13.5. The molecular formula is C8H13N3O3S. The minimum absolute atomic E-state index is 0.431. The van der Waals surface area contributed by atoms with Crippen molar-refractivity contribution in [3.05, 3.63) is 11.1 Å². The number of nitrogen functional groups attached to an aromatic ring is 1. The van der Waals surface area contributed by atoms with Gasteiger partial charge in [0.05, 0.1) is 6.61 Å². The molecule has 0 fully saturated rings. The summed E-state index contributed by atoms with van der Waals surface area (Å²) in [6.07, 6.45) is 0. The lowest BCUT2D eigenvalue weighted by Crippen LogP contribution is -1.94. The second-order valence-corrected chi connectivity index (χ2v) is 3.20. The Labute approximate surface area is 91.4 Å². The van der Waals surface area contributed by atoms with E-state index in [0.29, 0.717) is 29.6 Å². The summed E-state index contributed by atoms with van der Waals surface area (Å²) in [7, 11) is 0. The maximum atomic E-state index is 9.18. The molecule has 1 rings (SSSR count). The molecule has 1 heterocycles. The molecule has 0 radical (unpaired) electrons. The molecule has 0 aliphatic carbocycles. The summed E-state index contributed by atoms with van der Waals surface area (Å²) in [5.74, 6) is 0. The van der Waals surface area contributed by atoms with Crippen molar-refractivity contribution in [3.63, 3.8) is 0 Å². The highest BCUT2D eigenvalue weighted by molar-refractivity contribution is 7.13. The normalized spacial score (nSPS) is 10.1. The zero-order chi connectivity index (χ0) is 11.7. The summed E-state index contributed by atoms with van der Waals surface area (Å²) in [6, 6.07) is 0. The largest absolute Gasteiger partial charge is 0.468 e. The SMILES string of the molecule is C/C(=N/O)c1csc(N)n1.CCOC=O. The van der Waals surface area contributed by atoms with E-state index in [-0.39, 0.29) is 0 Å². The lowest BCUT2D eigenvalue weighted by molar-refractivity contribution is -0.128. The van der Waals surface area contributed by atoms with Crippen LogP contribution in [0.25, 0.3) is 0 Å². The van der Waals surface area contributed by atoms with Crippen molar-refractivity contribution in [2.24, 2.45) is 5.16 Å².